The van der Waals surface area contributed by atoms with Crippen molar-refractivity contribution in [1.29, 1.82) is 0 Å². The maximum absolute atomic E-state index is 12.1. The number of hydrogen-bond acceptors (Lipinski definition) is 3. The predicted molar refractivity (Wildman–Crippen MR) is 77.7 cm³/mol. The van der Waals surface area contributed by atoms with Crippen molar-refractivity contribution >= 4 is 12.1 Å². The van der Waals surface area contributed by atoms with Gasteiger partial charge >= 0.3 is 12.1 Å². The quantitative estimate of drug-likeness (QED) is 0.926. The first-order valence-electron chi connectivity index (χ1n) is 7.15. The number of rotatable bonds is 4. The average molecular weight is 291 g/mol. The molecule has 1 aromatic carbocycles. The summed E-state index contributed by atoms with van der Waals surface area (Å²) < 4.78 is 5.26. The second kappa shape index (κ2) is 6.16. The van der Waals surface area contributed by atoms with Crippen molar-refractivity contribution in [2.45, 2.75) is 26.9 Å². The standard InChI is InChI=1S/C16H21NO4/c1-12(2)16(14(18)19)8-9-17(11-16)15(20)21-10-13-6-4-3-5-7-13/h3-7,12H,8-11H2,1-2H3,(H,18,19). The largest absolute Gasteiger partial charge is 0.481 e. The van der Waals surface area contributed by atoms with Gasteiger partial charge in [-0.2, -0.15) is 0 Å². The van der Waals surface area contributed by atoms with Gasteiger partial charge in [0.05, 0.1) is 5.41 Å². The topological polar surface area (TPSA) is 66.8 Å². The number of carboxylic acid groups (broad SMARTS) is 1. The molecule has 1 aliphatic heterocycles. The second-order valence-corrected chi connectivity index (χ2v) is 5.83. The third-order valence-electron chi connectivity index (χ3n) is 4.30. The molecule has 5 nitrogen and oxygen atoms in total. The molecule has 1 fully saturated rings. The lowest BCUT2D eigenvalue weighted by Crippen LogP contribution is -2.40. The van der Waals surface area contributed by atoms with E-state index in [0.717, 1.165) is 5.56 Å². The number of amides is 1. The molecule has 1 saturated heterocycles. The molecule has 0 saturated carbocycles. The van der Waals surface area contributed by atoms with Gasteiger partial charge in [-0.05, 0) is 17.9 Å². The second-order valence-electron chi connectivity index (χ2n) is 5.83. The van der Waals surface area contributed by atoms with E-state index in [4.69, 9.17) is 4.74 Å². The fourth-order valence-electron chi connectivity index (χ4n) is 2.69. The highest BCUT2D eigenvalue weighted by Gasteiger charge is 2.48. The van der Waals surface area contributed by atoms with Crippen LogP contribution in [0.5, 0.6) is 0 Å². The monoisotopic (exact) mass is 291 g/mol. The molecule has 1 aromatic rings. The van der Waals surface area contributed by atoms with Gasteiger partial charge in [0.25, 0.3) is 0 Å². The zero-order valence-electron chi connectivity index (χ0n) is 12.4. The lowest BCUT2D eigenvalue weighted by molar-refractivity contribution is -0.150. The van der Waals surface area contributed by atoms with Crippen LogP contribution in [0, 0.1) is 11.3 Å². The van der Waals surface area contributed by atoms with Crippen molar-refractivity contribution in [3.05, 3.63) is 35.9 Å². The number of carbonyl (C=O) groups is 2. The Kier molecular flexibility index (Phi) is 4.50. The number of likely N-dealkylation sites (tertiary alicyclic amines) is 1. The molecular weight excluding hydrogens is 270 g/mol. The molecule has 21 heavy (non-hydrogen) atoms. The molecule has 0 aromatic heterocycles. The van der Waals surface area contributed by atoms with Crippen LogP contribution in [0.15, 0.2) is 30.3 Å². The van der Waals surface area contributed by atoms with E-state index in [9.17, 15) is 14.7 Å². The van der Waals surface area contributed by atoms with E-state index in [1.807, 2.05) is 44.2 Å². The molecule has 2 rings (SSSR count). The van der Waals surface area contributed by atoms with Crippen molar-refractivity contribution in [3.63, 3.8) is 0 Å². The van der Waals surface area contributed by atoms with E-state index in [1.165, 1.54) is 4.90 Å². The van der Waals surface area contributed by atoms with Crippen LogP contribution in [0.1, 0.15) is 25.8 Å². The summed E-state index contributed by atoms with van der Waals surface area (Å²) in [5, 5.41) is 9.46. The zero-order chi connectivity index (χ0) is 15.5. The highest BCUT2D eigenvalue weighted by molar-refractivity contribution is 5.78. The van der Waals surface area contributed by atoms with Gasteiger partial charge in [-0.3, -0.25) is 4.79 Å². The fraction of sp³-hybridized carbons (Fsp3) is 0.500. The SMILES string of the molecule is CC(C)C1(C(=O)O)CCN(C(=O)OCc2ccccc2)C1. The number of hydrogen-bond donors (Lipinski definition) is 1. The molecule has 0 aliphatic carbocycles. The number of benzene rings is 1. The highest BCUT2D eigenvalue weighted by Crippen LogP contribution is 2.38. The fourth-order valence-corrected chi connectivity index (χ4v) is 2.69. The van der Waals surface area contributed by atoms with Gasteiger partial charge in [-0.15, -0.1) is 0 Å². The Morgan fingerprint density at radius 1 is 1.33 bits per heavy atom. The summed E-state index contributed by atoms with van der Waals surface area (Å²) in [6.07, 6.45) is 0.0306. The Morgan fingerprint density at radius 2 is 2.00 bits per heavy atom. The molecule has 1 amide bonds. The Morgan fingerprint density at radius 3 is 2.52 bits per heavy atom. The average Bonchev–Trinajstić information content (AvgIpc) is 2.92. The van der Waals surface area contributed by atoms with Crippen molar-refractivity contribution in [3.8, 4) is 0 Å². The van der Waals surface area contributed by atoms with Crippen molar-refractivity contribution < 1.29 is 19.4 Å². The number of carbonyl (C=O) groups excluding carboxylic acids is 1. The normalized spacial score (nSPS) is 21.6. The maximum Gasteiger partial charge on any atom is 0.410 e. The number of aliphatic carboxylic acids is 1. The summed E-state index contributed by atoms with van der Waals surface area (Å²) in [4.78, 5) is 25.1. The lowest BCUT2D eigenvalue weighted by Gasteiger charge is -2.28. The van der Waals surface area contributed by atoms with E-state index < -0.39 is 17.5 Å². The molecule has 0 bridgehead atoms. The molecular formula is C16H21NO4. The first kappa shape index (κ1) is 15.4. The van der Waals surface area contributed by atoms with E-state index in [0.29, 0.717) is 13.0 Å². The summed E-state index contributed by atoms with van der Waals surface area (Å²) in [6.45, 7) is 4.61. The van der Waals surface area contributed by atoms with E-state index in [1.54, 1.807) is 0 Å². The molecule has 1 unspecified atom stereocenters. The van der Waals surface area contributed by atoms with E-state index >= 15 is 0 Å². The summed E-state index contributed by atoms with van der Waals surface area (Å²) in [5.74, 6) is -0.863. The summed E-state index contributed by atoms with van der Waals surface area (Å²) in [6, 6.07) is 9.43. The van der Waals surface area contributed by atoms with Crippen LogP contribution in [-0.4, -0.2) is 35.2 Å². The molecule has 1 atom stereocenters. The summed E-state index contributed by atoms with van der Waals surface area (Å²) >= 11 is 0. The minimum absolute atomic E-state index is 0.0260. The Hall–Kier alpha value is -2.04. The van der Waals surface area contributed by atoms with Gasteiger partial charge in [-0.1, -0.05) is 44.2 Å². The van der Waals surface area contributed by atoms with Crippen molar-refractivity contribution in [1.82, 2.24) is 4.90 Å². The van der Waals surface area contributed by atoms with Gasteiger partial charge in [0.1, 0.15) is 6.61 Å². The van der Waals surface area contributed by atoms with Crippen LogP contribution in [0.3, 0.4) is 0 Å². The highest BCUT2D eigenvalue weighted by atomic mass is 16.6. The van der Waals surface area contributed by atoms with Gasteiger partial charge in [0.15, 0.2) is 0 Å². The Bertz CT molecular complexity index is 514. The number of carboxylic acids is 1. The minimum Gasteiger partial charge on any atom is -0.481 e. The molecule has 0 radical (unpaired) electrons. The zero-order valence-corrected chi connectivity index (χ0v) is 12.4. The van der Waals surface area contributed by atoms with Crippen LogP contribution in [0.2, 0.25) is 0 Å². The van der Waals surface area contributed by atoms with Crippen molar-refractivity contribution in [2.75, 3.05) is 13.1 Å². The Labute approximate surface area is 124 Å². The molecule has 0 spiro atoms. The van der Waals surface area contributed by atoms with Gasteiger partial charge in [-0.25, -0.2) is 4.79 Å². The third kappa shape index (κ3) is 3.17. The Balaban J connectivity index is 1.94. The summed E-state index contributed by atoms with van der Waals surface area (Å²) in [5.41, 5.74) is 0.0598. The van der Waals surface area contributed by atoms with Crippen LogP contribution in [0.25, 0.3) is 0 Å². The van der Waals surface area contributed by atoms with Crippen LogP contribution >= 0.6 is 0 Å². The van der Waals surface area contributed by atoms with Gasteiger partial charge in [0.2, 0.25) is 0 Å². The first-order chi connectivity index (χ1) is 9.95. The van der Waals surface area contributed by atoms with Gasteiger partial charge < -0.3 is 14.7 Å². The summed E-state index contributed by atoms with van der Waals surface area (Å²) in [7, 11) is 0. The third-order valence-corrected chi connectivity index (χ3v) is 4.30. The van der Waals surface area contributed by atoms with Crippen LogP contribution in [0.4, 0.5) is 4.79 Å². The number of nitrogens with zero attached hydrogens (tertiary/aromatic N) is 1. The molecule has 5 heteroatoms. The lowest BCUT2D eigenvalue weighted by atomic mass is 9.76. The smallest absolute Gasteiger partial charge is 0.410 e. The maximum atomic E-state index is 12.1. The molecule has 1 N–H and O–H groups in total. The number of ether oxygens (including phenoxy) is 1. The first-order valence-corrected chi connectivity index (χ1v) is 7.15. The minimum atomic E-state index is -0.855. The predicted octanol–water partition coefficient (Wildman–Crippen LogP) is 2.76. The van der Waals surface area contributed by atoms with Crippen LogP contribution in [-0.2, 0) is 16.1 Å². The van der Waals surface area contributed by atoms with Crippen molar-refractivity contribution in [2.24, 2.45) is 11.3 Å². The van der Waals surface area contributed by atoms with Gasteiger partial charge in [0, 0.05) is 13.1 Å². The molecule has 1 heterocycles. The molecule has 114 valence electrons. The van der Waals surface area contributed by atoms with E-state index in [2.05, 4.69) is 0 Å². The van der Waals surface area contributed by atoms with E-state index in [-0.39, 0.29) is 19.1 Å². The van der Waals surface area contributed by atoms with Crippen LogP contribution < -0.4 is 0 Å². The molecule has 1 aliphatic rings.